The van der Waals surface area contributed by atoms with Crippen molar-refractivity contribution in [3.05, 3.63) is 29.8 Å². The topological polar surface area (TPSA) is 84.7 Å². The number of benzene rings is 1. The van der Waals surface area contributed by atoms with Crippen LogP contribution >= 0.6 is 0 Å². The highest BCUT2D eigenvalue weighted by Gasteiger charge is 2.62. The van der Waals surface area contributed by atoms with Crippen molar-refractivity contribution in [1.29, 1.82) is 0 Å². The third-order valence-corrected chi connectivity index (χ3v) is 5.68. The first-order valence-corrected chi connectivity index (χ1v) is 9.32. The highest BCUT2D eigenvalue weighted by atomic mass is 16.5. The molecule has 2 rings (SSSR count). The van der Waals surface area contributed by atoms with Crippen molar-refractivity contribution in [2.24, 2.45) is 11.1 Å². The number of nitrogens with one attached hydrogen (secondary N) is 1. The van der Waals surface area contributed by atoms with Gasteiger partial charge in [0.25, 0.3) is 5.91 Å². The lowest BCUT2D eigenvalue weighted by Gasteiger charge is -2.57. The summed E-state index contributed by atoms with van der Waals surface area (Å²) in [5.41, 5.74) is 6.22. The Kier molecular flexibility index (Phi) is 6.09. The average Bonchev–Trinajstić information content (AvgIpc) is 2.62. The van der Waals surface area contributed by atoms with Crippen molar-refractivity contribution in [3.8, 4) is 0 Å². The quantitative estimate of drug-likeness (QED) is 0.782. The van der Waals surface area contributed by atoms with Gasteiger partial charge >= 0.3 is 0 Å². The van der Waals surface area contributed by atoms with Crippen molar-refractivity contribution in [2.75, 3.05) is 25.0 Å². The van der Waals surface area contributed by atoms with Crippen LogP contribution in [0, 0.1) is 5.41 Å². The summed E-state index contributed by atoms with van der Waals surface area (Å²) < 4.78 is 5.67. The van der Waals surface area contributed by atoms with E-state index in [1.807, 2.05) is 34.6 Å². The Bertz CT molecular complexity index is 653. The summed E-state index contributed by atoms with van der Waals surface area (Å²) in [6.07, 6.45) is 0.482. The summed E-state index contributed by atoms with van der Waals surface area (Å²) in [5, 5.41) is 2.88. The van der Waals surface area contributed by atoms with Crippen LogP contribution in [0.1, 0.15) is 51.4 Å². The van der Waals surface area contributed by atoms with Gasteiger partial charge in [-0.2, -0.15) is 0 Å². The first-order chi connectivity index (χ1) is 12.2. The van der Waals surface area contributed by atoms with Gasteiger partial charge in [0.2, 0.25) is 5.91 Å². The molecule has 26 heavy (non-hydrogen) atoms. The van der Waals surface area contributed by atoms with Gasteiger partial charge in [0.15, 0.2) is 0 Å². The van der Waals surface area contributed by atoms with Crippen LogP contribution < -0.4 is 11.1 Å². The van der Waals surface area contributed by atoms with Crippen LogP contribution in [0.5, 0.6) is 0 Å². The van der Waals surface area contributed by atoms with Gasteiger partial charge in [-0.3, -0.25) is 9.59 Å². The maximum absolute atomic E-state index is 12.7. The summed E-state index contributed by atoms with van der Waals surface area (Å²) in [6.45, 7) is 11.7. The molecule has 0 aromatic heterocycles. The molecule has 2 amide bonds. The molecular weight excluding hydrogens is 330 g/mol. The molecule has 0 heterocycles. The van der Waals surface area contributed by atoms with E-state index in [-0.39, 0.29) is 17.9 Å². The standard InChI is InChI=1S/C20H31N3O3/c1-6-23(7-2)17(24)14-9-11-15(12-10-14)22-18(25)20(21)13-16(26-8-3)19(20,4)5/h9-12,16H,6-8,13,21H2,1-5H3,(H,22,25). The van der Waals surface area contributed by atoms with E-state index in [4.69, 9.17) is 10.5 Å². The van der Waals surface area contributed by atoms with E-state index >= 15 is 0 Å². The van der Waals surface area contributed by atoms with Crippen LogP contribution in [0.15, 0.2) is 24.3 Å². The van der Waals surface area contributed by atoms with Crippen molar-refractivity contribution < 1.29 is 14.3 Å². The minimum atomic E-state index is -0.970. The number of nitrogens with two attached hydrogens (primary N) is 1. The second-order valence-corrected chi connectivity index (χ2v) is 7.35. The first-order valence-electron chi connectivity index (χ1n) is 9.32. The number of hydrogen-bond acceptors (Lipinski definition) is 4. The molecule has 144 valence electrons. The lowest BCUT2D eigenvalue weighted by molar-refractivity contribution is -0.166. The molecule has 1 saturated carbocycles. The summed E-state index contributed by atoms with van der Waals surface area (Å²) in [6, 6.07) is 6.94. The summed E-state index contributed by atoms with van der Waals surface area (Å²) in [4.78, 5) is 26.8. The first kappa shape index (κ1) is 20.4. The number of carbonyl (C=O) groups excluding carboxylic acids is 2. The Labute approximate surface area is 156 Å². The number of hydrogen-bond donors (Lipinski definition) is 2. The molecule has 0 spiro atoms. The summed E-state index contributed by atoms with van der Waals surface area (Å²) in [5.74, 6) is -0.232. The highest BCUT2D eigenvalue weighted by Crippen LogP contribution is 2.50. The number of nitrogens with zero attached hydrogens (tertiary/aromatic N) is 1. The molecule has 1 fully saturated rings. The maximum Gasteiger partial charge on any atom is 0.253 e. The molecular formula is C20H31N3O3. The molecule has 1 aliphatic carbocycles. The van der Waals surface area contributed by atoms with Gasteiger partial charge in [-0.1, -0.05) is 13.8 Å². The minimum Gasteiger partial charge on any atom is -0.378 e. The molecule has 3 N–H and O–H groups in total. The molecule has 1 aromatic rings. The van der Waals surface area contributed by atoms with Gasteiger partial charge in [0.05, 0.1) is 6.10 Å². The van der Waals surface area contributed by atoms with E-state index < -0.39 is 11.0 Å². The third kappa shape index (κ3) is 3.48. The van der Waals surface area contributed by atoms with Gasteiger partial charge in [0, 0.05) is 42.8 Å². The van der Waals surface area contributed by atoms with Crippen LogP contribution in [0.25, 0.3) is 0 Å². The molecule has 0 radical (unpaired) electrons. The lowest BCUT2D eigenvalue weighted by atomic mass is 9.54. The van der Waals surface area contributed by atoms with Gasteiger partial charge in [-0.15, -0.1) is 0 Å². The monoisotopic (exact) mass is 361 g/mol. The second-order valence-electron chi connectivity index (χ2n) is 7.35. The van der Waals surface area contributed by atoms with Crippen LogP contribution in [0.2, 0.25) is 0 Å². The highest BCUT2D eigenvalue weighted by molar-refractivity contribution is 6.00. The molecule has 6 nitrogen and oxygen atoms in total. The van der Waals surface area contributed by atoms with Crippen molar-refractivity contribution >= 4 is 17.5 Å². The van der Waals surface area contributed by atoms with Crippen LogP contribution in [0.4, 0.5) is 5.69 Å². The molecule has 0 bridgehead atoms. The number of ether oxygens (including phenoxy) is 1. The SMILES string of the molecule is CCOC1CC(N)(C(=O)Nc2ccc(C(=O)N(CC)CC)cc2)C1(C)C. The van der Waals surface area contributed by atoms with Crippen LogP contribution in [-0.4, -0.2) is 48.1 Å². The van der Waals surface area contributed by atoms with Gasteiger partial charge in [-0.25, -0.2) is 0 Å². The number of carbonyl (C=O) groups is 2. The fourth-order valence-corrected chi connectivity index (χ4v) is 3.45. The Hall–Kier alpha value is -1.92. The molecule has 1 aliphatic rings. The summed E-state index contributed by atoms with van der Waals surface area (Å²) >= 11 is 0. The van der Waals surface area contributed by atoms with Crippen LogP contribution in [-0.2, 0) is 9.53 Å². The average molecular weight is 361 g/mol. The van der Waals surface area contributed by atoms with E-state index in [1.165, 1.54) is 0 Å². The molecule has 2 atom stereocenters. The molecule has 0 saturated heterocycles. The smallest absolute Gasteiger partial charge is 0.253 e. The van der Waals surface area contributed by atoms with Gasteiger partial charge in [-0.05, 0) is 45.0 Å². The zero-order valence-corrected chi connectivity index (χ0v) is 16.5. The number of anilines is 1. The van der Waals surface area contributed by atoms with Gasteiger partial charge in [0.1, 0.15) is 5.54 Å². The number of amides is 2. The van der Waals surface area contributed by atoms with Crippen molar-refractivity contribution in [3.63, 3.8) is 0 Å². The fraction of sp³-hybridized carbons (Fsp3) is 0.600. The largest absolute Gasteiger partial charge is 0.378 e. The fourth-order valence-electron chi connectivity index (χ4n) is 3.45. The van der Waals surface area contributed by atoms with E-state index in [0.29, 0.717) is 37.4 Å². The Morgan fingerprint density at radius 1 is 1.19 bits per heavy atom. The second kappa shape index (κ2) is 7.76. The zero-order valence-electron chi connectivity index (χ0n) is 16.5. The summed E-state index contributed by atoms with van der Waals surface area (Å²) in [7, 11) is 0. The predicted octanol–water partition coefficient (Wildman–Crippen LogP) is 2.64. The Balaban J connectivity index is 2.05. The van der Waals surface area contributed by atoms with E-state index in [2.05, 4.69) is 5.32 Å². The number of rotatable bonds is 7. The Morgan fingerprint density at radius 2 is 1.77 bits per heavy atom. The molecule has 2 unspecified atom stereocenters. The molecule has 0 aliphatic heterocycles. The molecule has 6 heteroatoms. The van der Waals surface area contributed by atoms with Crippen molar-refractivity contribution in [1.82, 2.24) is 4.90 Å². The van der Waals surface area contributed by atoms with E-state index in [0.717, 1.165) is 0 Å². The van der Waals surface area contributed by atoms with E-state index in [1.54, 1.807) is 29.2 Å². The lowest BCUT2D eigenvalue weighted by Crippen LogP contribution is -2.74. The minimum absolute atomic E-state index is 0.0112. The maximum atomic E-state index is 12.7. The third-order valence-electron chi connectivity index (χ3n) is 5.68. The van der Waals surface area contributed by atoms with Crippen LogP contribution in [0.3, 0.4) is 0 Å². The normalized spacial score (nSPS) is 23.8. The predicted molar refractivity (Wildman–Crippen MR) is 103 cm³/mol. The Morgan fingerprint density at radius 3 is 2.23 bits per heavy atom. The molecule has 1 aromatic carbocycles. The van der Waals surface area contributed by atoms with Gasteiger partial charge < -0.3 is 20.7 Å². The van der Waals surface area contributed by atoms with E-state index in [9.17, 15) is 9.59 Å². The van der Waals surface area contributed by atoms with Crippen molar-refractivity contribution in [2.45, 2.75) is 52.7 Å². The zero-order chi connectivity index (χ0) is 19.5.